The van der Waals surface area contributed by atoms with E-state index in [-0.39, 0.29) is 17.7 Å². The van der Waals surface area contributed by atoms with E-state index in [1.165, 1.54) is 0 Å². The highest BCUT2D eigenvalue weighted by Crippen LogP contribution is 2.32. The van der Waals surface area contributed by atoms with E-state index in [1.807, 2.05) is 30.3 Å². The molecule has 3 rings (SSSR count). The van der Waals surface area contributed by atoms with Crippen LogP contribution in [0.1, 0.15) is 30.9 Å². The first kappa shape index (κ1) is 12.2. The van der Waals surface area contributed by atoms with E-state index in [9.17, 15) is 9.59 Å². The van der Waals surface area contributed by atoms with Crippen molar-refractivity contribution in [1.82, 2.24) is 10.2 Å². The van der Waals surface area contributed by atoms with Crippen molar-refractivity contribution in [3.8, 4) is 0 Å². The van der Waals surface area contributed by atoms with Crippen LogP contribution in [0.4, 0.5) is 0 Å². The molecule has 1 saturated heterocycles. The maximum atomic E-state index is 12.5. The smallest absolute Gasteiger partial charge is 0.247 e. The summed E-state index contributed by atoms with van der Waals surface area (Å²) in [5, 5.41) is 2.86. The molecule has 100 valence electrons. The van der Waals surface area contributed by atoms with E-state index >= 15 is 0 Å². The maximum absolute atomic E-state index is 12.5. The molecular weight excluding hydrogens is 240 g/mol. The molecule has 1 aliphatic heterocycles. The van der Waals surface area contributed by atoms with Gasteiger partial charge in [-0.25, -0.2) is 0 Å². The first-order valence-electron chi connectivity index (χ1n) is 6.90. The lowest BCUT2D eigenvalue weighted by molar-refractivity contribution is -0.148. The van der Waals surface area contributed by atoms with Crippen molar-refractivity contribution in [3.63, 3.8) is 0 Å². The SMILES string of the molecule is O=C1NCCN(C(=O)C2CCC2)C1c1ccccc1. The first-order valence-corrected chi connectivity index (χ1v) is 6.90. The van der Waals surface area contributed by atoms with Crippen molar-refractivity contribution in [2.45, 2.75) is 25.3 Å². The van der Waals surface area contributed by atoms with Gasteiger partial charge in [0.25, 0.3) is 0 Å². The molecule has 1 aliphatic carbocycles. The lowest BCUT2D eigenvalue weighted by Gasteiger charge is -2.39. The van der Waals surface area contributed by atoms with E-state index in [0.29, 0.717) is 13.1 Å². The van der Waals surface area contributed by atoms with Crippen molar-refractivity contribution in [1.29, 1.82) is 0 Å². The second-order valence-electron chi connectivity index (χ2n) is 5.26. The highest BCUT2D eigenvalue weighted by Gasteiger charge is 2.38. The normalized spacial score (nSPS) is 23.7. The third kappa shape index (κ3) is 2.23. The zero-order valence-electron chi connectivity index (χ0n) is 10.8. The number of carbonyl (C=O) groups excluding carboxylic acids is 2. The molecule has 2 amide bonds. The van der Waals surface area contributed by atoms with Crippen LogP contribution in [0.15, 0.2) is 30.3 Å². The number of hydrogen-bond donors (Lipinski definition) is 1. The topological polar surface area (TPSA) is 49.4 Å². The van der Waals surface area contributed by atoms with Crippen molar-refractivity contribution in [2.75, 3.05) is 13.1 Å². The van der Waals surface area contributed by atoms with E-state index in [4.69, 9.17) is 0 Å². The summed E-state index contributed by atoms with van der Waals surface area (Å²) in [6.45, 7) is 1.17. The number of carbonyl (C=O) groups is 2. The minimum absolute atomic E-state index is 0.0647. The third-order valence-corrected chi connectivity index (χ3v) is 4.06. The maximum Gasteiger partial charge on any atom is 0.247 e. The summed E-state index contributed by atoms with van der Waals surface area (Å²) >= 11 is 0. The summed E-state index contributed by atoms with van der Waals surface area (Å²) in [6.07, 6.45) is 3.07. The monoisotopic (exact) mass is 258 g/mol. The van der Waals surface area contributed by atoms with Crippen molar-refractivity contribution < 1.29 is 9.59 Å². The fourth-order valence-corrected chi connectivity index (χ4v) is 2.76. The summed E-state index contributed by atoms with van der Waals surface area (Å²) in [5.74, 6) is 0.220. The zero-order valence-corrected chi connectivity index (χ0v) is 10.8. The van der Waals surface area contributed by atoms with Crippen LogP contribution in [0.2, 0.25) is 0 Å². The number of hydrogen-bond acceptors (Lipinski definition) is 2. The number of amides is 2. The summed E-state index contributed by atoms with van der Waals surface area (Å²) < 4.78 is 0. The van der Waals surface area contributed by atoms with Crippen LogP contribution >= 0.6 is 0 Å². The molecule has 4 heteroatoms. The second kappa shape index (κ2) is 5.03. The lowest BCUT2D eigenvalue weighted by Crippen LogP contribution is -2.54. The van der Waals surface area contributed by atoms with E-state index in [1.54, 1.807) is 4.90 Å². The van der Waals surface area contributed by atoms with Crippen molar-refractivity contribution in [3.05, 3.63) is 35.9 Å². The summed E-state index contributed by atoms with van der Waals surface area (Å²) in [7, 11) is 0. The largest absolute Gasteiger partial charge is 0.352 e. The van der Waals surface area contributed by atoms with Gasteiger partial charge < -0.3 is 10.2 Å². The van der Waals surface area contributed by atoms with Crippen LogP contribution in [0.3, 0.4) is 0 Å². The van der Waals surface area contributed by atoms with Gasteiger partial charge in [-0.15, -0.1) is 0 Å². The quantitative estimate of drug-likeness (QED) is 0.873. The number of nitrogens with zero attached hydrogens (tertiary/aromatic N) is 1. The van der Waals surface area contributed by atoms with Gasteiger partial charge in [-0.1, -0.05) is 36.8 Å². The molecule has 2 aliphatic rings. The Hall–Kier alpha value is -1.84. The van der Waals surface area contributed by atoms with Crippen LogP contribution in [0, 0.1) is 5.92 Å². The minimum Gasteiger partial charge on any atom is -0.352 e. The lowest BCUT2D eigenvalue weighted by atomic mass is 9.83. The standard InChI is InChI=1S/C15H18N2O2/c18-14-13(11-5-2-1-3-6-11)17(10-9-16-14)15(19)12-7-4-8-12/h1-3,5-6,12-13H,4,7-10H2,(H,16,18). The van der Waals surface area contributed by atoms with Gasteiger partial charge in [0.2, 0.25) is 11.8 Å². The second-order valence-corrected chi connectivity index (χ2v) is 5.26. The molecule has 0 aromatic heterocycles. The average Bonchev–Trinajstić information content (AvgIpc) is 2.37. The Morgan fingerprint density at radius 3 is 2.58 bits per heavy atom. The molecule has 1 atom stereocenters. The summed E-state index contributed by atoms with van der Waals surface area (Å²) in [4.78, 5) is 26.4. The summed E-state index contributed by atoms with van der Waals surface area (Å²) in [5.41, 5.74) is 0.896. The zero-order chi connectivity index (χ0) is 13.2. The molecule has 2 fully saturated rings. The molecule has 0 spiro atoms. The molecule has 0 bridgehead atoms. The van der Waals surface area contributed by atoms with Crippen LogP contribution < -0.4 is 5.32 Å². The van der Waals surface area contributed by atoms with Gasteiger partial charge in [0.1, 0.15) is 6.04 Å². The fourth-order valence-electron chi connectivity index (χ4n) is 2.76. The van der Waals surface area contributed by atoms with Crippen molar-refractivity contribution >= 4 is 11.8 Å². The predicted molar refractivity (Wildman–Crippen MR) is 71.2 cm³/mol. The average molecular weight is 258 g/mol. The molecule has 1 N–H and O–H groups in total. The van der Waals surface area contributed by atoms with E-state index < -0.39 is 6.04 Å². The van der Waals surface area contributed by atoms with Gasteiger partial charge in [-0.2, -0.15) is 0 Å². The van der Waals surface area contributed by atoms with Crippen LogP contribution in [0.5, 0.6) is 0 Å². The summed E-state index contributed by atoms with van der Waals surface area (Å²) in [6, 6.07) is 9.10. The van der Waals surface area contributed by atoms with Gasteiger partial charge in [-0.05, 0) is 18.4 Å². The predicted octanol–water partition coefficient (Wildman–Crippen LogP) is 1.49. The highest BCUT2D eigenvalue weighted by molar-refractivity contribution is 5.90. The Morgan fingerprint density at radius 1 is 1.21 bits per heavy atom. The molecule has 1 saturated carbocycles. The Bertz CT molecular complexity index is 482. The highest BCUT2D eigenvalue weighted by atomic mass is 16.2. The van der Waals surface area contributed by atoms with Gasteiger partial charge in [0, 0.05) is 19.0 Å². The van der Waals surface area contributed by atoms with E-state index in [0.717, 1.165) is 24.8 Å². The first-order chi connectivity index (χ1) is 9.27. The van der Waals surface area contributed by atoms with Crippen LogP contribution in [-0.4, -0.2) is 29.8 Å². The number of rotatable bonds is 2. The molecular formula is C15H18N2O2. The Morgan fingerprint density at radius 2 is 1.95 bits per heavy atom. The van der Waals surface area contributed by atoms with Gasteiger partial charge in [0.05, 0.1) is 0 Å². The minimum atomic E-state index is -0.456. The van der Waals surface area contributed by atoms with Crippen molar-refractivity contribution in [2.24, 2.45) is 5.92 Å². The van der Waals surface area contributed by atoms with Crippen LogP contribution in [-0.2, 0) is 9.59 Å². The molecule has 1 aromatic carbocycles. The van der Waals surface area contributed by atoms with Gasteiger partial charge >= 0.3 is 0 Å². The number of benzene rings is 1. The Labute approximate surface area is 112 Å². The van der Waals surface area contributed by atoms with Gasteiger partial charge in [-0.3, -0.25) is 9.59 Å². The molecule has 4 nitrogen and oxygen atoms in total. The Balaban J connectivity index is 1.87. The molecule has 1 unspecified atom stereocenters. The number of nitrogens with one attached hydrogen (secondary N) is 1. The van der Waals surface area contributed by atoms with Crippen LogP contribution in [0.25, 0.3) is 0 Å². The molecule has 0 radical (unpaired) electrons. The van der Waals surface area contributed by atoms with Gasteiger partial charge in [0.15, 0.2) is 0 Å². The molecule has 19 heavy (non-hydrogen) atoms. The Kier molecular flexibility index (Phi) is 3.23. The fraction of sp³-hybridized carbons (Fsp3) is 0.467. The van der Waals surface area contributed by atoms with E-state index in [2.05, 4.69) is 5.32 Å². The number of piperazine rings is 1. The third-order valence-electron chi connectivity index (χ3n) is 4.06. The molecule has 1 heterocycles. The molecule has 1 aromatic rings.